The smallest absolute Gasteiger partial charge is 0.333 e. The third-order valence-corrected chi connectivity index (χ3v) is 14.6. The van der Waals surface area contributed by atoms with Gasteiger partial charge in [-0.2, -0.15) is 0 Å². The van der Waals surface area contributed by atoms with Crippen LogP contribution in [-0.2, 0) is 16.2 Å². The molecule has 5 heteroatoms. The molecule has 3 aromatic heterocycles. The molecule has 59 heavy (non-hydrogen) atoms. The van der Waals surface area contributed by atoms with Crippen LogP contribution in [0.4, 0.5) is 11.4 Å². The van der Waals surface area contributed by atoms with Crippen molar-refractivity contribution < 1.29 is 4.42 Å². The number of aromatic nitrogens is 1. The highest BCUT2D eigenvalue weighted by atomic mass is 32.1. The standard InChI is InChI=1S/C54H47BN2OS/c1-52(2,3)30-18-22-33(23-19-30)57-42-29-45-36(34-14-11-13-17-44(34)59-45)28-38(42)46-47-35-15-10-12-16-43(35)58-51(47)48-37-26-31(53(4,5)6)20-24-40(37)56-41-25-21-32(54(7,8)9)27-39(41)55(57)49(46)50(48)56/h10-29H,1-9H3. The van der Waals surface area contributed by atoms with Crippen molar-refractivity contribution in [2.75, 3.05) is 4.81 Å². The minimum absolute atomic E-state index is 0.0182. The number of fused-ring (bicyclic) bond motifs is 16. The van der Waals surface area contributed by atoms with Crippen molar-refractivity contribution >= 4 is 104 Å². The summed E-state index contributed by atoms with van der Waals surface area (Å²) < 4.78 is 12.4. The first-order chi connectivity index (χ1) is 28.2. The second-order valence-electron chi connectivity index (χ2n) is 20.2. The lowest BCUT2D eigenvalue weighted by atomic mass is 9.43. The maximum absolute atomic E-state index is 7.18. The van der Waals surface area contributed by atoms with E-state index in [2.05, 4.69) is 193 Å². The van der Waals surface area contributed by atoms with Gasteiger partial charge >= 0.3 is 6.85 Å². The van der Waals surface area contributed by atoms with Gasteiger partial charge in [-0.25, -0.2) is 0 Å². The van der Waals surface area contributed by atoms with Crippen molar-refractivity contribution in [1.29, 1.82) is 0 Å². The first kappa shape index (κ1) is 35.2. The van der Waals surface area contributed by atoms with Crippen molar-refractivity contribution in [2.24, 2.45) is 0 Å². The number of furan rings is 1. The lowest BCUT2D eigenvalue weighted by Crippen LogP contribution is -2.60. The third-order valence-electron chi connectivity index (χ3n) is 13.4. The number of nitrogens with zero attached hydrogens (tertiary/aromatic N) is 2. The number of hydrogen-bond donors (Lipinski definition) is 0. The predicted molar refractivity (Wildman–Crippen MR) is 256 cm³/mol. The molecular weight excluding hydrogens is 735 g/mol. The van der Waals surface area contributed by atoms with Crippen LogP contribution in [0, 0.1) is 0 Å². The summed E-state index contributed by atoms with van der Waals surface area (Å²) in [5, 5.41) is 7.45. The Labute approximate surface area is 350 Å². The molecule has 0 saturated carbocycles. The average molecular weight is 783 g/mol. The third kappa shape index (κ3) is 4.77. The summed E-state index contributed by atoms with van der Waals surface area (Å²) in [5.41, 5.74) is 17.3. The first-order valence-corrected chi connectivity index (χ1v) is 21.9. The van der Waals surface area contributed by atoms with Crippen molar-refractivity contribution in [3.8, 4) is 16.8 Å². The van der Waals surface area contributed by atoms with E-state index in [0.717, 1.165) is 11.2 Å². The van der Waals surface area contributed by atoms with Gasteiger partial charge in [0.25, 0.3) is 0 Å². The van der Waals surface area contributed by atoms with E-state index in [4.69, 9.17) is 4.42 Å². The molecule has 7 aromatic carbocycles. The normalized spacial score (nSPS) is 14.1. The van der Waals surface area contributed by atoms with Crippen LogP contribution in [0.3, 0.4) is 0 Å². The number of hydrogen-bond acceptors (Lipinski definition) is 3. The number of anilines is 2. The van der Waals surface area contributed by atoms with E-state index in [0.29, 0.717) is 0 Å². The summed E-state index contributed by atoms with van der Waals surface area (Å²) >= 11 is 1.90. The molecule has 0 saturated heterocycles. The van der Waals surface area contributed by atoms with Crippen molar-refractivity contribution in [2.45, 2.75) is 78.6 Å². The highest BCUT2D eigenvalue weighted by Gasteiger charge is 2.46. The maximum atomic E-state index is 7.18. The average Bonchev–Trinajstić information content (AvgIpc) is 3.88. The zero-order chi connectivity index (χ0) is 40.5. The fourth-order valence-corrected chi connectivity index (χ4v) is 11.5. The zero-order valence-corrected chi connectivity index (χ0v) is 36.2. The van der Waals surface area contributed by atoms with E-state index < -0.39 is 0 Å². The highest BCUT2D eigenvalue weighted by Crippen LogP contribution is 2.53. The molecule has 0 amide bonds. The molecule has 10 aromatic rings. The summed E-state index contributed by atoms with van der Waals surface area (Å²) in [6, 6.07) is 46.6. The summed E-state index contributed by atoms with van der Waals surface area (Å²) in [6.07, 6.45) is 0. The van der Waals surface area contributed by atoms with Gasteiger partial charge in [0.15, 0.2) is 0 Å². The molecule has 0 bridgehead atoms. The van der Waals surface area contributed by atoms with Crippen LogP contribution in [0.15, 0.2) is 126 Å². The van der Waals surface area contributed by atoms with Crippen LogP contribution in [0.1, 0.15) is 79.0 Å². The Kier molecular flexibility index (Phi) is 6.85. The largest absolute Gasteiger partial charge is 0.455 e. The van der Waals surface area contributed by atoms with Crippen molar-refractivity contribution in [1.82, 2.24) is 4.57 Å². The van der Waals surface area contributed by atoms with Gasteiger partial charge in [0.2, 0.25) is 0 Å². The van der Waals surface area contributed by atoms with Crippen LogP contribution in [0.2, 0.25) is 0 Å². The van der Waals surface area contributed by atoms with Gasteiger partial charge in [-0.1, -0.05) is 129 Å². The number of benzene rings is 7. The molecule has 0 aliphatic carbocycles. The minimum atomic E-state index is -0.0958. The predicted octanol–water partition coefficient (Wildman–Crippen LogP) is 14.2. The Morgan fingerprint density at radius 3 is 1.95 bits per heavy atom. The maximum Gasteiger partial charge on any atom is 0.333 e. The molecule has 2 aliphatic heterocycles. The molecule has 5 heterocycles. The van der Waals surface area contributed by atoms with Crippen molar-refractivity contribution in [3.63, 3.8) is 0 Å². The van der Waals surface area contributed by atoms with Gasteiger partial charge in [0.05, 0.1) is 16.4 Å². The van der Waals surface area contributed by atoms with Crippen LogP contribution >= 0.6 is 11.3 Å². The number of para-hydroxylation sites is 1. The topological polar surface area (TPSA) is 21.3 Å². The van der Waals surface area contributed by atoms with E-state index in [1.54, 1.807) is 0 Å². The molecule has 12 rings (SSSR count). The SMILES string of the molecule is CC(C)(C)c1ccc(N2B3c4cc(C(C)(C)C)ccc4-n4c5ccc(C(C)(C)C)cc5c5c6oc7ccccc7c6c(c3c54)-c3cc4c(cc32)sc2ccccc24)cc1. The van der Waals surface area contributed by atoms with Gasteiger partial charge in [0, 0.05) is 59.0 Å². The second kappa shape index (κ2) is 11.5. The Bertz CT molecular complexity index is 3450. The van der Waals surface area contributed by atoms with Gasteiger partial charge < -0.3 is 13.8 Å². The summed E-state index contributed by atoms with van der Waals surface area (Å²) in [6.45, 7) is 20.8. The molecule has 0 atom stereocenters. The zero-order valence-electron chi connectivity index (χ0n) is 35.3. The lowest BCUT2D eigenvalue weighted by Gasteiger charge is -2.42. The summed E-state index contributed by atoms with van der Waals surface area (Å²) in [4.78, 5) is 2.69. The van der Waals surface area contributed by atoms with E-state index >= 15 is 0 Å². The van der Waals surface area contributed by atoms with Crippen LogP contribution in [-0.4, -0.2) is 11.4 Å². The Morgan fingerprint density at radius 2 is 1.20 bits per heavy atom. The summed E-state index contributed by atoms with van der Waals surface area (Å²) in [7, 11) is 0. The molecule has 0 fully saturated rings. The Morgan fingerprint density at radius 1 is 0.542 bits per heavy atom. The molecule has 288 valence electrons. The van der Waals surface area contributed by atoms with Gasteiger partial charge in [-0.15, -0.1) is 11.3 Å². The van der Waals surface area contributed by atoms with Crippen LogP contribution in [0.5, 0.6) is 0 Å². The second-order valence-corrected chi connectivity index (χ2v) is 21.3. The molecule has 3 nitrogen and oxygen atoms in total. The van der Waals surface area contributed by atoms with E-state index in [-0.39, 0.29) is 23.1 Å². The monoisotopic (exact) mass is 782 g/mol. The van der Waals surface area contributed by atoms with Crippen LogP contribution in [0.25, 0.3) is 80.7 Å². The van der Waals surface area contributed by atoms with E-state index in [9.17, 15) is 0 Å². The minimum Gasteiger partial charge on any atom is -0.455 e. The van der Waals surface area contributed by atoms with E-state index in [1.807, 2.05) is 11.3 Å². The van der Waals surface area contributed by atoms with E-state index in [1.165, 1.54) is 109 Å². The molecule has 0 spiro atoms. The number of rotatable bonds is 1. The first-order valence-electron chi connectivity index (χ1n) is 21.1. The van der Waals surface area contributed by atoms with Crippen molar-refractivity contribution in [3.05, 3.63) is 138 Å². The molecule has 2 aliphatic rings. The Hall–Kier alpha value is -5.78. The quantitative estimate of drug-likeness (QED) is 0.155. The summed E-state index contributed by atoms with van der Waals surface area (Å²) in [5.74, 6) is 0. The fourth-order valence-electron chi connectivity index (χ4n) is 10.3. The van der Waals surface area contributed by atoms with Gasteiger partial charge in [-0.05, 0) is 104 Å². The number of thiophene rings is 1. The molecule has 0 unspecified atom stereocenters. The lowest BCUT2D eigenvalue weighted by molar-refractivity contribution is 0.590. The highest BCUT2D eigenvalue weighted by molar-refractivity contribution is 7.25. The van der Waals surface area contributed by atoms with Crippen LogP contribution < -0.4 is 15.7 Å². The van der Waals surface area contributed by atoms with Gasteiger partial charge in [0.1, 0.15) is 11.2 Å². The molecule has 0 radical (unpaired) electrons. The molecule has 0 N–H and O–H groups in total. The fraction of sp³-hybridized carbons (Fsp3) is 0.222. The Balaban J connectivity index is 1.34. The van der Waals surface area contributed by atoms with Gasteiger partial charge in [-0.3, -0.25) is 0 Å². The molecular formula is C54H47BN2OS.